The molecule has 0 aliphatic carbocycles. The molecule has 0 bridgehead atoms. The zero-order valence-corrected chi connectivity index (χ0v) is 18.0. The summed E-state index contributed by atoms with van der Waals surface area (Å²) in [5.41, 5.74) is 0. The fourth-order valence-electron chi connectivity index (χ4n) is 0. The summed E-state index contributed by atoms with van der Waals surface area (Å²) in [6, 6.07) is 0. The Hall–Kier alpha value is 4.57. The van der Waals surface area contributed by atoms with Crippen LogP contribution < -0.4 is 48.0 Å². The molecule has 6 heavy (non-hydrogen) atoms. The first kappa shape index (κ1) is 46.3. The zero-order chi connectivity index (χ0) is 0. The van der Waals surface area contributed by atoms with E-state index in [0.717, 1.165) is 0 Å². The van der Waals surface area contributed by atoms with Gasteiger partial charge >= 0.3 is 27.3 Å². The van der Waals surface area contributed by atoms with Gasteiger partial charge in [0.15, 0.2) is 0 Å². The molecule has 0 aromatic carbocycles. The molecule has 0 aromatic heterocycles. The molecule has 0 unspecified atom stereocenters. The van der Waals surface area contributed by atoms with Gasteiger partial charge in [-0.3, -0.25) is 0 Å². The molecule has 6 heteroatoms. The Morgan fingerprint density at radius 3 is 0.500 bits per heavy atom. The number of hydrogen-bond donors (Lipinski definition) is 0. The Bertz CT molecular complexity index is 3.90. The third-order valence-electron chi connectivity index (χ3n) is 0. The Kier molecular flexibility index (Phi) is 260. The normalized spacial score (nSPS) is 0. The summed E-state index contributed by atoms with van der Waals surface area (Å²) in [6.45, 7) is 0. The van der Waals surface area contributed by atoms with E-state index in [9.17, 15) is 0 Å². The molecule has 0 aliphatic heterocycles. The molecule has 0 radical (unpaired) electrons. The van der Waals surface area contributed by atoms with E-state index in [-0.39, 0.29) is 147 Å². The Morgan fingerprint density at radius 2 is 0.500 bits per heavy atom. The average Bonchev–Trinajstić information content (AvgIpc) is 0. The summed E-state index contributed by atoms with van der Waals surface area (Å²) < 4.78 is 0. The van der Waals surface area contributed by atoms with Crippen LogP contribution in [0.3, 0.4) is 0 Å². The van der Waals surface area contributed by atoms with Gasteiger partial charge in [0.2, 0.25) is 0 Å². The first-order valence-electron chi connectivity index (χ1n) is 0. The monoisotopic (exact) mass is 751 g/mol. The second-order valence-corrected chi connectivity index (χ2v) is 0. The molecule has 0 aliphatic rings. The van der Waals surface area contributed by atoms with Crippen molar-refractivity contribution in [1.29, 1.82) is 0 Å². The van der Waals surface area contributed by atoms with Crippen molar-refractivity contribution in [2.24, 2.45) is 0 Å². The van der Waals surface area contributed by atoms with Crippen LogP contribution in [-0.2, 0) is 27.3 Å². The van der Waals surface area contributed by atoms with E-state index in [0.29, 0.717) is 0 Å². The van der Waals surface area contributed by atoms with Gasteiger partial charge in [0, 0.05) is 0 Å². The second-order valence-electron chi connectivity index (χ2n) is 0. The van der Waals surface area contributed by atoms with Gasteiger partial charge in [-0.1, -0.05) is 0 Å². The molecule has 0 spiro atoms. The number of rotatable bonds is 0. The summed E-state index contributed by atoms with van der Waals surface area (Å²) in [6.07, 6.45) is 0. The predicted octanol–water partition coefficient (Wildman–Crippen LogP) is -4.14. The number of hydrogen-bond acceptors (Lipinski definition) is 0. The summed E-state index contributed by atoms with van der Waals surface area (Å²) in [4.78, 5) is 0. The molecule has 40 valence electrons. The van der Waals surface area contributed by atoms with Crippen molar-refractivity contribution >= 4 is 71.9 Å². The quantitative estimate of drug-likeness (QED) is 0.175. The smallest absolute Gasteiger partial charge is 1.00 e. The molecule has 0 N–H and O–H groups in total. The van der Waals surface area contributed by atoms with Crippen LogP contribution in [0.15, 0.2) is 0 Å². The molecule has 0 saturated carbocycles. The van der Waals surface area contributed by atoms with Gasteiger partial charge in [0.25, 0.3) is 0 Å². The van der Waals surface area contributed by atoms with Gasteiger partial charge < -0.3 is 48.0 Å². The van der Waals surface area contributed by atoms with Crippen molar-refractivity contribution in [2.45, 2.75) is 0 Å². The average molecular weight is 750 g/mol. The molecule has 0 atom stereocenters. The van der Waals surface area contributed by atoms with Crippen LogP contribution in [0.25, 0.3) is 0 Å². The van der Waals surface area contributed by atoms with E-state index in [2.05, 4.69) is 0 Å². The van der Waals surface area contributed by atoms with Crippen LogP contribution in [0, 0.1) is 0 Å². The molecule has 0 saturated heterocycles. The fourth-order valence-corrected chi connectivity index (χ4v) is 0. The van der Waals surface area contributed by atoms with Gasteiger partial charge in [-0.05, 0) is 0 Å². The van der Waals surface area contributed by atoms with Gasteiger partial charge in [-0.15, -0.1) is 71.9 Å². The molecule has 0 amide bonds. The maximum atomic E-state index is 0. The molecule has 0 rings (SSSR count). The molecular weight excluding hydrogens is 747 g/mol. The minimum atomic E-state index is 0. The fraction of sp³-hybridized carbons (Fsp3) is 0. The maximum absolute atomic E-state index is 0. The van der Waals surface area contributed by atoms with E-state index >= 15 is 0 Å². The molecule has 0 aromatic rings. The van der Waals surface area contributed by atoms with Crippen LogP contribution in [0.4, 0.5) is 0 Å². The van der Waals surface area contributed by atoms with Crippen LogP contribution in [0.1, 0.15) is 0 Å². The molecule has 0 fully saturated rings. The third-order valence-corrected chi connectivity index (χ3v) is 0. The van der Waals surface area contributed by atoms with E-state index in [4.69, 9.17) is 0 Å². The zero-order valence-electron chi connectivity index (χ0n) is 2.69. The minimum Gasteiger partial charge on any atom is -1.00 e. The van der Waals surface area contributed by atoms with Crippen LogP contribution >= 0.6 is 71.9 Å². The molecular formula is H3CdI5. The summed E-state index contributed by atoms with van der Waals surface area (Å²) >= 11 is 0. The van der Waals surface area contributed by atoms with Crippen LogP contribution in [0.5, 0.6) is 0 Å². The van der Waals surface area contributed by atoms with Crippen molar-refractivity contribution in [3.8, 4) is 0 Å². The van der Waals surface area contributed by atoms with Crippen molar-refractivity contribution in [3.05, 3.63) is 0 Å². The number of halogens is 5. The maximum Gasteiger partial charge on any atom is 2.00 e. The topological polar surface area (TPSA) is 0 Å². The summed E-state index contributed by atoms with van der Waals surface area (Å²) in [5.74, 6) is 0. The van der Waals surface area contributed by atoms with Crippen molar-refractivity contribution in [3.63, 3.8) is 0 Å². The Labute approximate surface area is 143 Å². The SMILES string of the molecule is I.I.I.[Cd+2].[I-].[I-]. The van der Waals surface area contributed by atoms with E-state index in [1.165, 1.54) is 0 Å². The predicted molar refractivity (Wildman–Crippen MR) is 46.2 cm³/mol. The van der Waals surface area contributed by atoms with Gasteiger partial charge in [-0.25, -0.2) is 0 Å². The molecule has 0 heterocycles. The van der Waals surface area contributed by atoms with Crippen molar-refractivity contribution in [2.75, 3.05) is 0 Å². The van der Waals surface area contributed by atoms with Crippen molar-refractivity contribution in [1.82, 2.24) is 0 Å². The van der Waals surface area contributed by atoms with E-state index < -0.39 is 0 Å². The Balaban J connectivity index is 0. The minimum absolute atomic E-state index is 0. The van der Waals surface area contributed by atoms with Gasteiger partial charge in [0.05, 0.1) is 0 Å². The van der Waals surface area contributed by atoms with Gasteiger partial charge in [-0.2, -0.15) is 0 Å². The first-order valence-corrected chi connectivity index (χ1v) is 0. The van der Waals surface area contributed by atoms with E-state index in [1.54, 1.807) is 0 Å². The third kappa shape index (κ3) is 23.5. The van der Waals surface area contributed by atoms with Gasteiger partial charge in [0.1, 0.15) is 0 Å². The largest absolute Gasteiger partial charge is 2.00 e. The second kappa shape index (κ2) is 33.6. The summed E-state index contributed by atoms with van der Waals surface area (Å²) in [7, 11) is 0. The van der Waals surface area contributed by atoms with Crippen LogP contribution in [0.2, 0.25) is 0 Å². The standard InChI is InChI=1S/Cd.5HI/h;5*1H/q+2;;;;;/p-2. The Morgan fingerprint density at radius 1 is 0.500 bits per heavy atom. The van der Waals surface area contributed by atoms with Crippen LogP contribution in [-0.4, -0.2) is 0 Å². The van der Waals surface area contributed by atoms with E-state index in [1.807, 2.05) is 0 Å². The van der Waals surface area contributed by atoms with Crippen molar-refractivity contribution < 1.29 is 75.3 Å². The molecule has 0 nitrogen and oxygen atoms in total. The summed E-state index contributed by atoms with van der Waals surface area (Å²) in [5, 5.41) is 0. The first-order chi connectivity index (χ1) is 0.